The van der Waals surface area contributed by atoms with E-state index in [2.05, 4.69) is 20.8 Å². The molecule has 0 aromatic rings. The van der Waals surface area contributed by atoms with Crippen molar-refractivity contribution in [2.45, 2.75) is 374 Å². The van der Waals surface area contributed by atoms with Gasteiger partial charge in [0.25, 0.3) is 0 Å². The summed E-state index contributed by atoms with van der Waals surface area (Å²) in [5, 5.41) is 0. The second kappa shape index (κ2) is 59.0. The summed E-state index contributed by atoms with van der Waals surface area (Å²) in [6.45, 7) is 6.70. The van der Waals surface area contributed by atoms with Crippen LogP contribution >= 0.6 is 0 Å². The van der Waals surface area contributed by atoms with Gasteiger partial charge in [0, 0.05) is 19.3 Å². The minimum absolute atomic E-state index is 0.0611. The van der Waals surface area contributed by atoms with Gasteiger partial charge in [-0.15, -0.1) is 0 Å². The molecular weight excluding hydrogens is 853 g/mol. The highest BCUT2D eigenvalue weighted by Crippen LogP contribution is 2.18. The van der Waals surface area contributed by atoms with E-state index in [4.69, 9.17) is 14.2 Å². The molecule has 0 aromatic heterocycles. The molecule has 1 atom stereocenters. The highest BCUT2D eigenvalue weighted by Gasteiger charge is 2.19. The van der Waals surface area contributed by atoms with E-state index in [0.717, 1.165) is 57.8 Å². The molecule has 0 aliphatic carbocycles. The van der Waals surface area contributed by atoms with E-state index in [1.165, 1.54) is 270 Å². The fraction of sp³-hybridized carbons (Fsp3) is 0.952. The summed E-state index contributed by atoms with van der Waals surface area (Å²) in [4.78, 5) is 38.1. The summed E-state index contributed by atoms with van der Waals surface area (Å²) < 4.78 is 16.9. The van der Waals surface area contributed by atoms with Gasteiger partial charge in [0.05, 0.1) is 0 Å². The minimum Gasteiger partial charge on any atom is -0.462 e. The number of ether oxygens (including phenoxy) is 3. The molecule has 0 rings (SSSR count). The molecule has 0 fully saturated rings. The van der Waals surface area contributed by atoms with Gasteiger partial charge in [0.15, 0.2) is 6.10 Å². The third-order valence-corrected chi connectivity index (χ3v) is 14.6. The Labute approximate surface area is 431 Å². The quantitative estimate of drug-likeness (QED) is 0.0343. The van der Waals surface area contributed by atoms with Gasteiger partial charge in [0.1, 0.15) is 13.2 Å². The van der Waals surface area contributed by atoms with Gasteiger partial charge < -0.3 is 14.2 Å². The molecule has 0 spiro atoms. The minimum atomic E-state index is -0.761. The Balaban J connectivity index is 4.10. The van der Waals surface area contributed by atoms with Crippen LogP contribution in [0.1, 0.15) is 367 Å². The van der Waals surface area contributed by atoms with E-state index in [0.29, 0.717) is 19.3 Å². The number of carbonyl (C=O) groups excluding carboxylic acids is 3. The summed E-state index contributed by atoms with van der Waals surface area (Å²) in [6.07, 6.45) is 67.0. The SMILES string of the molecule is CCCCCCCCCCCCCCCCCCCCCCCCCCCC(=O)OCC(COC(=O)CCCCCCCCCCC)OC(=O)CCCCCCCCCCCCCCCCCCC. The Bertz CT molecular complexity index is 1030. The first-order valence-electron chi connectivity index (χ1n) is 31.5. The highest BCUT2D eigenvalue weighted by atomic mass is 16.6. The normalized spacial score (nSPS) is 11.9. The van der Waals surface area contributed by atoms with Crippen molar-refractivity contribution in [1.29, 1.82) is 0 Å². The largest absolute Gasteiger partial charge is 0.462 e. The van der Waals surface area contributed by atoms with Crippen molar-refractivity contribution < 1.29 is 28.6 Å². The van der Waals surface area contributed by atoms with E-state index in [1.807, 2.05) is 0 Å². The summed E-state index contributed by atoms with van der Waals surface area (Å²) in [6, 6.07) is 0. The van der Waals surface area contributed by atoms with Crippen molar-refractivity contribution in [3.05, 3.63) is 0 Å². The first kappa shape index (κ1) is 67.4. The number of rotatable bonds is 59. The van der Waals surface area contributed by atoms with E-state index < -0.39 is 6.10 Å². The van der Waals surface area contributed by atoms with E-state index in [9.17, 15) is 14.4 Å². The average Bonchev–Trinajstić information content (AvgIpc) is 3.35. The maximum atomic E-state index is 12.8. The standard InChI is InChI=1S/C63H122O6/c1-4-7-10-13-16-19-21-23-25-27-28-29-30-31-32-33-34-36-37-39-41-44-47-50-53-56-62(65)68-59-60(58-67-61(64)55-52-49-46-43-18-15-12-9-6-3)69-63(66)57-54-51-48-45-42-40-38-35-26-24-22-20-17-14-11-8-5-2/h60H,4-59H2,1-3H3. The molecule has 69 heavy (non-hydrogen) atoms. The third-order valence-electron chi connectivity index (χ3n) is 14.6. The molecule has 0 aromatic carbocycles. The molecule has 0 aliphatic heterocycles. The molecule has 1 unspecified atom stereocenters. The van der Waals surface area contributed by atoms with Crippen LogP contribution in [0, 0.1) is 0 Å². The van der Waals surface area contributed by atoms with Crippen LogP contribution in [-0.2, 0) is 28.6 Å². The second-order valence-electron chi connectivity index (χ2n) is 21.7. The monoisotopic (exact) mass is 975 g/mol. The molecule has 0 amide bonds. The van der Waals surface area contributed by atoms with Gasteiger partial charge in [-0.3, -0.25) is 14.4 Å². The van der Waals surface area contributed by atoms with Crippen LogP contribution in [0.4, 0.5) is 0 Å². The second-order valence-corrected chi connectivity index (χ2v) is 21.7. The average molecular weight is 976 g/mol. The molecule has 6 nitrogen and oxygen atoms in total. The van der Waals surface area contributed by atoms with Crippen molar-refractivity contribution in [2.24, 2.45) is 0 Å². The maximum Gasteiger partial charge on any atom is 0.306 e. The van der Waals surface area contributed by atoms with Gasteiger partial charge in [0.2, 0.25) is 0 Å². The predicted octanol–water partition coefficient (Wildman–Crippen LogP) is 21.1. The molecule has 410 valence electrons. The summed E-state index contributed by atoms with van der Waals surface area (Å²) >= 11 is 0. The molecule has 0 radical (unpaired) electrons. The summed E-state index contributed by atoms with van der Waals surface area (Å²) in [7, 11) is 0. The van der Waals surface area contributed by atoms with Crippen LogP contribution in [0.2, 0.25) is 0 Å². The molecule has 0 N–H and O–H groups in total. The highest BCUT2D eigenvalue weighted by molar-refractivity contribution is 5.71. The first-order chi connectivity index (χ1) is 34.0. The molecule has 0 aliphatic rings. The van der Waals surface area contributed by atoms with Crippen molar-refractivity contribution in [3.63, 3.8) is 0 Å². The Morgan fingerprint density at radius 3 is 0.580 bits per heavy atom. The van der Waals surface area contributed by atoms with E-state index in [1.54, 1.807) is 0 Å². The van der Waals surface area contributed by atoms with Gasteiger partial charge in [-0.1, -0.05) is 329 Å². The molecular formula is C63H122O6. The number of carbonyl (C=O) groups is 3. The Morgan fingerprint density at radius 2 is 0.391 bits per heavy atom. The maximum absolute atomic E-state index is 12.8. The van der Waals surface area contributed by atoms with Crippen LogP contribution in [-0.4, -0.2) is 37.2 Å². The Morgan fingerprint density at radius 1 is 0.232 bits per heavy atom. The van der Waals surface area contributed by atoms with Crippen LogP contribution in [0.15, 0.2) is 0 Å². The van der Waals surface area contributed by atoms with E-state index in [-0.39, 0.29) is 31.1 Å². The molecule has 0 heterocycles. The van der Waals surface area contributed by atoms with Gasteiger partial charge in [-0.25, -0.2) is 0 Å². The predicted molar refractivity (Wildman–Crippen MR) is 298 cm³/mol. The van der Waals surface area contributed by atoms with Crippen LogP contribution in [0.25, 0.3) is 0 Å². The van der Waals surface area contributed by atoms with Gasteiger partial charge in [-0.2, -0.15) is 0 Å². The van der Waals surface area contributed by atoms with Gasteiger partial charge in [-0.05, 0) is 19.3 Å². The Kier molecular flexibility index (Phi) is 57.6. The molecule has 0 saturated heterocycles. The molecule has 0 saturated carbocycles. The van der Waals surface area contributed by atoms with Crippen LogP contribution in [0.3, 0.4) is 0 Å². The zero-order valence-electron chi connectivity index (χ0n) is 47.1. The number of hydrogen-bond donors (Lipinski definition) is 0. The fourth-order valence-corrected chi connectivity index (χ4v) is 9.86. The zero-order chi connectivity index (χ0) is 50.0. The zero-order valence-corrected chi connectivity index (χ0v) is 47.1. The Hall–Kier alpha value is -1.59. The van der Waals surface area contributed by atoms with Gasteiger partial charge >= 0.3 is 17.9 Å². The third kappa shape index (κ3) is 57.2. The fourth-order valence-electron chi connectivity index (χ4n) is 9.86. The summed E-state index contributed by atoms with van der Waals surface area (Å²) in [5.41, 5.74) is 0. The smallest absolute Gasteiger partial charge is 0.306 e. The lowest BCUT2D eigenvalue weighted by Gasteiger charge is -2.18. The van der Waals surface area contributed by atoms with Crippen molar-refractivity contribution in [2.75, 3.05) is 13.2 Å². The van der Waals surface area contributed by atoms with Crippen molar-refractivity contribution in [3.8, 4) is 0 Å². The molecule has 0 bridgehead atoms. The lowest BCUT2D eigenvalue weighted by atomic mass is 10.0. The lowest BCUT2D eigenvalue weighted by Crippen LogP contribution is -2.30. The molecule has 6 heteroatoms. The number of unbranched alkanes of at least 4 members (excludes halogenated alkanes) is 48. The van der Waals surface area contributed by atoms with E-state index >= 15 is 0 Å². The van der Waals surface area contributed by atoms with Crippen LogP contribution in [0.5, 0.6) is 0 Å². The lowest BCUT2D eigenvalue weighted by molar-refractivity contribution is -0.167. The topological polar surface area (TPSA) is 78.9 Å². The summed E-state index contributed by atoms with van der Waals surface area (Å²) in [5.74, 6) is -0.833. The van der Waals surface area contributed by atoms with Crippen LogP contribution < -0.4 is 0 Å². The number of esters is 3. The number of hydrogen-bond acceptors (Lipinski definition) is 6. The van der Waals surface area contributed by atoms with Crippen molar-refractivity contribution in [1.82, 2.24) is 0 Å². The first-order valence-corrected chi connectivity index (χ1v) is 31.5. The van der Waals surface area contributed by atoms with Crippen molar-refractivity contribution >= 4 is 17.9 Å².